The Kier molecular flexibility index (Phi) is 6.24. The van der Waals surface area contributed by atoms with Gasteiger partial charge in [-0.25, -0.2) is 18.6 Å². The van der Waals surface area contributed by atoms with Crippen LogP contribution in [0, 0.1) is 11.6 Å². The van der Waals surface area contributed by atoms with Crippen LogP contribution in [-0.4, -0.2) is 30.0 Å². The molecule has 0 radical (unpaired) electrons. The van der Waals surface area contributed by atoms with Gasteiger partial charge in [-0.15, -0.1) is 0 Å². The van der Waals surface area contributed by atoms with Gasteiger partial charge in [-0.1, -0.05) is 48.5 Å². The maximum atomic E-state index is 14.7. The molecule has 1 saturated heterocycles. The molecule has 4 rings (SSSR count). The van der Waals surface area contributed by atoms with Gasteiger partial charge in [0.1, 0.15) is 17.7 Å². The Bertz CT molecular complexity index is 1260. The fourth-order valence-electron chi connectivity index (χ4n) is 3.82. The number of amides is 1. The maximum Gasteiger partial charge on any atom is 0.328 e. The van der Waals surface area contributed by atoms with E-state index in [0.717, 1.165) is 11.6 Å². The average molecular weight is 469 g/mol. The highest BCUT2D eigenvalue weighted by Gasteiger charge is 2.38. The molecule has 2 aromatic carbocycles. The van der Waals surface area contributed by atoms with Crippen LogP contribution in [0.15, 0.2) is 61.2 Å². The number of esters is 1. The van der Waals surface area contributed by atoms with Crippen molar-refractivity contribution in [1.29, 1.82) is 0 Å². The molecule has 1 aromatic heterocycles. The summed E-state index contributed by atoms with van der Waals surface area (Å²) in [6.45, 7) is 4.10. The maximum absolute atomic E-state index is 14.7. The summed E-state index contributed by atoms with van der Waals surface area (Å²) in [7, 11) is 1.25. The third kappa shape index (κ3) is 4.36. The number of carbonyl (C=O) groups excluding carboxylic acids is 2. The number of benzene rings is 2. The van der Waals surface area contributed by atoms with Gasteiger partial charge in [-0.05, 0) is 30.2 Å². The summed E-state index contributed by atoms with van der Waals surface area (Å²) in [6, 6.07) is 13.3. The number of pyridine rings is 1. The SMILES string of the molecule is C=C(c1ccccc1)c1cc(N2C(=O)CC[C@H]2C(=O)OC)cc(-c2cc(Cl)c(F)cc2F)n1. The number of hydrogen-bond acceptors (Lipinski definition) is 4. The lowest BCUT2D eigenvalue weighted by atomic mass is 10.0. The van der Waals surface area contributed by atoms with Crippen LogP contribution in [0.4, 0.5) is 14.5 Å². The van der Waals surface area contributed by atoms with Crippen LogP contribution in [0.1, 0.15) is 24.1 Å². The number of ether oxygens (including phenoxy) is 1. The van der Waals surface area contributed by atoms with Crippen molar-refractivity contribution in [1.82, 2.24) is 4.98 Å². The summed E-state index contributed by atoms with van der Waals surface area (Å²) < 4.78 is 33.3. The summed E-state index contributed by atoms with van der Waals surface area (Å²) >= 11 is 5.89. The average Bonchev–Trinajstić information content (AvgIpc) is 3.22. The molecular weight excluding hydrogens is 450 g/mol. The van der Waals surface area contributed by atoms with Crippen molar-refractivity contribution < 1.29 is 23.1 Å². The highest BCUT2D eigenvalue weighted by atomic mass is 35.5. The highest BCUT2D eigenvalue weighted by Crippen LogP contribution is 2.35. The molecule has 3 aromatic rings. The molecule has 0 spiro atoms. The Morgan fingerprint density at radius 2 is 1.88 bits per heavy atom. The van der Waals surface area contributed by atoms with E-state index in [9.17, 15) is 18.4 Å². The number of hydrogen-bond donors (Lipinski definition) is 0. The monoisotopic (exact) mass is 468 g/mol. The standard InChI is InChI=1S/C25H19ClF2N2O3/c1-14(15-6-4-3-5-7-15)21-10-16(30-23(25(32)33-2)8-9-24(30)31)11-22(29-21)17-12-18(26)20(28)13-19(17)27/h3-7,10-13,23H,1,8-9H2,2H3/t23-/m0/s1. The molecule has 168 valence electrons. The number of aromatic nitrogens is 1. The van der Waals surface area contributed by atoms with Crippen LogP contribution in [-0.2, 0) is 14.3 Å². The molecule has 0 saturated carbocycles. The van der Waals surface area contributed by atoms with Gasteiger partial charge in [0.25, 0.3) is 0 Å². The number of halogens is 3. The van der Waals surface area contributed by atoms with Crippen molar-refractivity contribution in [2.75, 3.05) is 12.0 Å². The lowest BCUT2D eigenvalue weighted by Gasteiger charge is -2.24. The van der Waals surface area contributed by atoms with Gasteiger partial charge in [-0.3, -0.25) is 9.69 Å². The van der Waals surface area contributed by atoms with E-state index >= 15 is 0 Å². The fourth-order valence-corrected chi connectivity index (χ4v) is 3.98. The summed E-state index contributed by atoms with van der Waals surface area (Å²) in [5.74, 6) is -2.60. The van der Waals surface area contributed by atoms with Crippen molar-refractivity contribution in [3.63, 3.8) is 0 Å². The van der Waals surface area contributed by atoms with Crippen LogP contribution in [0.3, 0.4) is 0 Å². The molecule has 1 fully saturated rings. The zero-order valence-corrected chi connectivity index (χ0v) is 18.4. The number of nitrogens with zero attached hydrogens (tertiary/aromatic N) is 2. The van der Waals surface area contributed by atoms with Gasteiger partial charge in [-0.2, -0.15) is 0 Å². The normalized spacial score (nSPS) is 15.6. The van der Waals surface area contributed by atoms with Crippen LogP contribution in [0.25, 0.3) is 16.8 Å². The van der Waals surface area contributed by atoms with E-state index in [2.05, 4.69) is 11.6 Å². The third-order valence-corrected chi connectivity index (χ3v) is 5.78. The van der Waals surface area contributed by atoms with E-state index in [1.54, 1.807) is 6.07 Å². The summed E-state index contributed by atoms with van der Waals surface area (Å²) in [5, 5.41) is -0.272. The second-order valence-electron chi connectivity index (χ2n) is 7.53. The summed E-state index contributed by atoms with van der Waals surface area (Å²) in [5.41, 5.74) is 2.03. The van der Waals surface area contributed by atoms with Crippen molar-refractivity contribution in [2.45, 2.75) is 18.9 Å². The van der Waals surface area contributed by atoms with Gasteiger partial charge in [0, 0.05) is 29.3 Å². The largest absolute Gasteiger partial charge is 0.467 e. The molecule has 0 N–H and O–H groups in total. The van der Waals surface area contributed by atoms with E-state index < -0.39 is 23.6 Å². The van der Waals surface area contributed by atoms with Crippen LogP contribution in [0.2, 0.25) is 5.02 Å². The van der Waals surface area contributed by atoms with Gasteiger partial charge in [0.15, 0.2) is 0 Å². The lowest BCUT2D eigenvalue weighted by molar-refractivity contribution is -0.142. The number of rotatable bonds is 5. The first-order valence-corrected chi connectivity index (χ1v) is 10.5. The number of methoxy groups -OCH3 is 1. The molecular formula is C25H19ClF2N2O3. The summed E-state index contributed by atoms with van der Waals surface area (Å²) in [4.78, 5) is 30.9. The van der Waals surface area contributed by atoms with Crippen molar-refractivity contribution in [2.24, 2.45) is 0 Å². The molecule has 1 amide bonds. The summed E-state index contributed by atoms with van der Waals surface area (Å²) in [6.07, 6.45) is 0.442. The third-order valence-electron chi connectivity index (χ3n) is 5.49. The zero-order valence-electron chi connectivity index (χ0n) is 17.6. The Labute approximate surface area is 194 Å². The van der Waals surface area contributed by atoms with E-state index in [1.165, 1.54) is 18.1 Å². The highest BCUT2D eigenvalue weighted by molar-refractivity contribution is 6.31. The first-order valence-electron chi connectivity index (χ1n) is 10.1. The number of carbonyl (C=O) groups is 2. The van der Waals surface area contributed by atoms with Crippen LogP contribution >= 0.6 is 11.6 Å². The van der Waals surface area contributed by atoms with Crippen molar-refractivity contribution in [3.05, 3.63) is 89.1 Å². The van der Waals surface area contributed by atoms with Gasteiger partial charge in [0.05, 0.1) is 23.5 Å². The molecule has 0 bridgehead atoms. The van der Waals surface area contributed by atoms with E-state index in [1.807, 2.05) is 30.3 Å². The molecule has 33 heavy (non-hydrogen) atoms. The Balaban J connectivity index is 1.91. The minimum Gasteiger partial charge on any atom is -0.467 e. The molecule has 0 aliphatic carbocycles. The Morgan fingerprint density at radius 1 is 1.15 bits per heavy atom. The van der Waals surface area contributed by atoms with E-state index in [4.69, 9.17) is 16.3 Å². The van der Waals surface area contributed by atoms with Gasteiger partial charge >= 0.3 is 5.97 Å². The zero-order chi connectivity index (χ0) is 23.7. The molecule has 1 atom stereocenters. The Hall–Kier alpha value is -3.58. The predicted molar refractivity (Wildman–Crippen MR) is 122 cm³/mol. The first kappa shape index (κ1) is 22.6. The minimum atomic E-state index is -0.900. The van der Waals surface area contributed by atoms with Crippen molar-refractivity contribution >= 4 is 34.7 Å². The van der Waals surface area contributed by atoms with Crippen LogP contribution in [0.5, 0.6) is 0 Å². The van der Waals surface area contributed by atoms with Crippen LogP contribution < -0.4 is 4.90 Å². The second kappa shape index (κ2) is 9.11. The lowest BCUT2D eigenvalue weighted by Crippen LogP contribution is -2.39. The molecule has 8 heteroatoms. The topological polar surface area (TPSA) is 59.5 Å². The molecule has 5 nitrogen and oxygen atoms in total. The van der Waals surface area contributed by atoms with Gasteiger partial charge in [0.2, 0.25) is 5.91 Å². The molecule has 1 aliphatic heterocycles. The second-order valence-corrected chi connectivity index (χ2v) is 7.94. The minimum absolute atomic E-state index is 0.0494. The van der Waals surface area contributed by atoms with E-state index in [0.29, 0.717) is 23.0 Å². The molecule has 2 heterocycles. The van der Waals surface area contributed by atoms with Gasteiger partial charge < -0.3 is 4.74 Å². The Morgan fingerprint density at radius 3 is 2.58 bits per heavy atom. The molecule has 0 unspecified atom stereocenters. The smallest absolute Gasteiger partial charge is 0.328 e. The molecule has 1 aliphatic rings. The first-order chi connectivity index (χ1) is 15.8. The van der Waals surface area contributed by atoms with Crippen molar-refractivity contribution in [3.8, 4) is 11.3 Å². The fraction of sp³-hybridized carbons (Fsp3) is 0.160. The number of anilines is 1. The quantitative estimate of drug-likeness (QED) is 0.371. The van der Waals surface area contributed by atoms with E-state index in [-0.39, 0.29) is 35.0 Å². The predicted octanol–water partition coefficient (Wildman–Crippen LogP) is 5.41.